The van der Waals surface area contributed by atoms with Crippen molar-refractivity contribution in [3.63, 3.8) is 0 Å². The molecule has 1 aromatic carbocycles. The van der Waals surface area contributed by atoms with Crippen LogP contribution in [0.1, 0.15) is 13.8 Å². The second-order valence-corrected chi connectivity index (χ2v) is 7.41. The van der Waals surface area contributed by atoms with Gasteiger partial charge >= 0.3 is 0 Å². The average Bonchev–Trinajstić information content (AvgIpc) is 2.13. The van der Waals surface area contributed by atoms with Gasteiger partial charge in [-0.05, 0) is 48.0 Å². The van der Waals surface area contributed by atoms with E-state index in [4.69, 9.17) is 17.3 Å². The molecule has 0 saturated carbocycles. The molecule has 0 spiro atoms. The molecule has 0 aliphatic rings. The second kappa shape index (κ2) is 6.54. The van der Waals surface area contributed by atoms with Crippen molar-refractivity contribution < 1.29 is 8.42 Å². The van der Waals surface area contributed by atoms with Crippen LogP contribution in [-0.4, -0.2) is 20.5 Å². The molecule has 1 aromatic rings. The van der Waals surface area contributed by atoms with Gasteiger partial charge in [0.25, 0.3) is 0 Å². The fourth-order valence-corrected chi connectivity index (χ4v) is 3.65. The summed E-state index contributed by atoms with van der Waals surface area (Å²) in [5.74, 6) is 0. The molecule has 0 fully saturated rings. The Bertz CT molecular complexity index is 515. The Balaban J connectivity index is 0.00000289. The van der Waals surface area contributed by atoms with Crippen LogP contribution in [0.25, 0.3) is 0 Å². The quantitative estimate of drug-likeness (QED) is 0.846. The van der Waals surface area contributed by atoms with Gasteiger partial charge in [0.1, 0.15) is 0 Å². The summed E-state index contributed by atoms with van der Waals surface area (Å²) in [6.45, 7) is 3.64. The molecule has 0 saturated heterocycles. The fraction of sp³-hybridized carbons (Fsp3) is 0.400. The van der Waals surface area contributed by atoms with Crippen molar-refractivity contribution in [1.29, 1.82) is 0 Å². The molecule has 0 heterocycles. The molecule has 0 bridgehead atoms. The topological polar surface area (TPSA) is 72.2 Å². The summed E-state index contributed by atoms with van der Waals surface area (Å²) >= 11 is 8.92. The van der Waals surface area contributed by atoms with E-state index in [9.17, 15) is 8.42 Å². The maximum atomic E-state index is 12.0. The van der Waals surface area contributed by atoms with Crippen molar-refractivity contribution in [2.75, 3.05) is 6.54 Å². The Morgan fingerprint density at radius 2 is 2.00 bits per heavy atom. The van der Waals surface area contributed by atoms with Gasteiger partial charge in [-0.1, -0.05) is 11.6 Å². The molecule has 0 aromatic heterocycles. The molecule has 3 N–H and O–H groups in total. The molecule has 104 valence electrons. The fourth-order valence-electron chi connectivity index (χ4n) is 1.05. The summed E-state index contributed by atoms with van der Waals surface area (Å²) in [4.78, 5) is 0.145. The van der Waals surface area contributed by atoms with Crippen molar-refractivity contribution in [3.05, 3.63) is 27.7 Å². The van der Waals surface area contributed by atoms with E-state index in [2.05, 4.69) is 20.7 Å². The van der Waals surface area contributed by atoms with Gasteiger partial charge in [-0.2, -0.15) is 0 Å². The maximum Gasteiger partial charge on any atom is 0.241 e. The number of nitrogens with two attached hydrogens (primary N) is 1. The van der Waals surface area contributed by atoms with Gasteiger partial charge in [-0.25, -0.2) is 13.1 Å². The number of benzene rings is 1. The first kappa shape index (κ1) is 18.1. The Labute approximate surface area is 127 Å². The highest BCUT2D eigenvalue weighted by atomic mass is 79.9. The lowest BCUT2D eigenvalue weighted by molar-refractivity contribution is 0.498. The van der Waals surface area contributed by atoms with Crippen molar-refractivity contribution >= 4 is 50.0 Å². The minimum Gasteiger partial charge on any atom is -0.324 e. The van der Waals surface area contributed by atoms with Gasteiger partial charge in [0.15, 0.2) is 0 Å². The van der Waals surface area contributed by atoms with Gasteiger partial charge in [0, 0.05) is 21.6 Å². The number of nitrogens with one attached hydrogen (secondary N) is 1. The number of halogens is 3. The summed E-state index contributed by atoms with van der Waals surface area (Å²) in [6.07, 6.45) is 0. The SMILES string of the molecule is CC(C)(N)CNS(=O)(=O)c1ccc(Cl)cc1Br.Cl. The Morgan fingerprint density at radius 3 is 2.44 bits per heavy atom. The van der Waals surface area contributed by atoms with Crippen LogP contribution in [0, 0.1) is 0 Å². The number of hydrogen-bond acceptors (Lipinski definition) is 3. The van der Waals surface area contributed by atoms with Crippen LogP contribution in [0.4, 0.5) is 0 Å². The van der Waals surface area contributed by atoms with Crippen molar-refractivity contribution in [3.8, 4) is 0 Å². The van der Waals surface area contributed by atoms with E-state index in [1.165, 1.54) is 18.2 Å². The third-order valence-corrected chi connectivity index (χ3v) is 4.51. The van der Waals surface area contributed by atoms with Gasteiger partial charge in [-0.3, -0.25) is 0 Å². The van der Waals surface area contributed by atoms with Crippen molar-refractivity contribution in [2.45, 2.75) is 24.3 Å². The number of sulfonamides is 1. The van der Waals surface area contributed by atoms with Crippen LogP contribution in [0.15, 0.2) is 27.6 Å². The lowest BCUT2D eigenvalue weighted by atomic mass is 10.1. The molecule has 0 amide bonds. The van der Waals surface area contributed by atoms with Gasteiger partial charge in [-0.15, -0.1) is 12.4 Å². The largest absolute Gasteiger partial charge is 0.324 e. The molecule has 8 heteroatoms. The zero-order chi connectivity index (χ0) is 13.3. The molecule has 4 nitrogen and oxygen atoms in total. The summed E-state index contributed by atoms with van der Waals surface area (Å²) in [5.41, 5.74) is 5.12. The lowest BCUT2D eigenvalue weighted by Crippen LogP contribution is -2.45. The standard InChI is InChI=1S/C10H14BrClN2O2S.ClH/c1-10(2,13)6-14-17(15,16)9-4-3-7(12)5-8(9)11;/h3-5,14H,6,13H2,1-2H3;1H. The highest BCUT2D eigenvalue weighted by Gasteiger charge is 2.20. The molecular formula is C10H15BrCl2N2O2S. The lowest BCUT2D eigenvalue weighted by Gasteiger charge is -2.19. The Hall–Kier alpha value is 0.150. The molecule has 0 aliphatic carbocycles. The highest BCUT2D eigenvalue weighted by molar-refractivity contribution is 9.10. The van der Waals surface area contributed by atoms with Crippen LogP contribution in [0.3, 0.4) is 0 Å². The summed E-state index contributed by atoms with van der Waals surface area (Å²) in [6, 6.07) is 4.50. The first-order chi connectivity index (χ1) is 7.62. The van der Waals surface area contributed by atoms with Crippen LogP contribution in [-0.2, 0) is 10.0 Å². The molecule has 18 heavy (non-hydrogen) atoms. The monoisotopic (exact) mass is 376 g/mol. The van der Waals surface area contributed by atoms with E-state index < -0.39 is 15.6 Å². The molecule has 0 radical (unpaired) electrons. The normalized spacial score (nSPS) is 12.1. The van der Waals surface area contributed by atoms with Gasteiger partial charge in [0.2, 0.25) is 10.0 Å². The first-order valence-electron chi connectivity index (χ1n) is 4.85. The highest BCUT2D eigenvalue weighted by Crippen LogP contribution is 2.25. The van der Waals surface area contributed by atoms with Gasteiger partial charge in [0.05, 0.1) is 4.90 Å². The number of rotatable bonds is 4. The van der Waals surface area contributed by atoms with E-state index in [0.717, 1.165) is 0 Å². The van der Waals surface area contributed by atoms with Crippen molar-refractivity contribution in [1.82, 2.24) is 4.72 Å². The molecule has 0 atom stereocenters. The van der Waals surface area contributed by atoms with Crippen LogP contribution in [0.5, 0.6) is 0 Å². The molecule has 0 unspecified atom stereocenters. The molecule has 0 aliphatic heterocycles. The first-order valence-corrected chi connectivity index (χ1v) is 7.51. The predicted octanol–water partition coefficient (Wildman–Crippen LogP) is 2.54. The van der Waals surface area contributed by atoms with E-state index >= 15 is 0 Å². The maximum absolute atomic E-state index is 12.0. The third kappa shape index (κ3) is 5.42. The van der Waals surface area contributed by atoms with Crippen molar-refractivity contribution in [2.24, 2.45) is 5.73 Å². The third-order valence-electron chi connectivity index (χ3n) is 1.90. The van der Waals surface area contributed by atoms with E-state index in [-0.39, 0.29) is 23.8 Å². The Kier molecular flexibility index (Phi) is 6.60. The minimum absolute atomic E-state index is 0. The molecule has 1 rings (SSSR count). The van der Waals surface area contributed by atoms with Gasteiger partial charge < -0.3 is 5.73 Å². The van der Waals surface area contributed by atoms with Crippen LogP contribution >= 0.6 is 39.9 Å². The summed E-state index contributed by atoms with van der Waals surface area (Å²) in [5, 5.41) is 0.468. The second-order valence-electron chi connectivity index (χ2n) is 4.39. The number of hydrogen-bond donors (Lipinski definition) is 2. The summed E-state index contributed by atoms with van der Waals surface area (Å²) in [7, 11) is -3.58. The smallest absolute Gasteiger partial charge is 0.241 e. The average molecular weight is 378 g/mol. The Morgan fingerprint density at radius 1 is 1.44 bits per heavy atom. The van der Waals surface area contributed by atoms with E-state index in [1.54, 1.807) is 13.8 Å². The molecular weight excluding hydrogens is 363 g/mol. The summed E-state index contributed by atoms with van der Waals surface area (Å²) < 4.78 is 26.8. The predicted molar refractivity (Wildman–Crippen MR) is 79.9 cm³/mol. The zero-order valence-corrected chi connectivity index (χ0v) is 13.9. The van der Waals surface area contributed by atoms with Crippen LogP contribution in [0.2, 0.25) is 5.02 Å². The van der Waals surface area contributed by atoms with E-state index in [1.807, 2.05) is 0 Å². The van der Waals surface area contributed by atoms with E-state index in [0.29, 0.717) is 9.50 Å². The minimum atomic E-state index is -3.58. The zero-order valence-electron chi connectivity index (χ0n) is 9.91. The van der Waals surface area contributed by atoms with Crippen LogP contribution < -0.4 is 10.5 Å².